The average molecular weight is 235 g/mol. The van der Waals surface area contributed by atoms with E-state index in [1.54, 1.807) is 12.1 Å². The van der Waals surface area contributed by atoms with Crippen LogP contribution >= 0.6 is 0 Å². The Morgan fingerprint density at radius 2 is 1.94 bits per heavy atom. The van der Waals surface area contributed by atoms with Gasteiger partial charge in [0.1, 0.15) is 11.5 Å². The van der Waals surface area contributed by atoms with E-state index in [2.05, 4.69) is 15.5 Å². The number of carbonyl (C=O) groups excluding carboxylic acids is 1. The summed E-state index contributed by atoms with van der Waals surface area (Å²) >= 11 is 0. The lowest BCUT2D eigenvalue weighted by Gasteiger charge is -2.03. The molecule has 0 unspecified atom stereocenters. The molecule has 5 nitrogen and oxygen atoms in total. The molecule has 0 saturated carbocycles. The minimum absolute atomic E-state index is 0.164. The number of hydrogen-bond acceptors (Lipinski definition) is 2. The van der Waals surface area contributed by atoms with Gasteiger partial charge in [-0.05, 0) is 17.7 Å². The summed E-state index contributed by atoms with van der Waals surface area (Å²) in [6.07, 6.45) is 0. The number of rotatable bonds is 3. The zero-order valence-electron chi connectivity index (χ0n) is 8.79. The molecule has 0 aliphatic heterocycles. The highest BCUT2D eigenvalue weighted by Gasteiger charge is 2.07. The molecule has 0 fully saturated rings. The number of H-pyrrole nitrogens is 2. The van der Waals surface area contributed by atoms with Crippen molar-refractivity contribution in [2.75, 3.05) is 0 Å². The number of aromatic nitrogens is 2. The molecule has 3 N–H and O–H groups in total. The number of amides is 1. The van der Waals surface area contributed by atoms with Gasteiger partial charge in [-0.15, -0.1) is 0 Å². The highest BCUT2D eigenvalue weighted by atomic mass is 19.1. The third kappa shape index (κ3) is 2.81. The molecule has 1 aromatic heterocycles. The van der Waals surface area contributed by atoms with Crippen molar-refractivity contribution in [2.45, 2.75) is 6.54 Å². The maximum atomic E-state index is 12.6. The maximum absolute atomic E-state index is 12.6. The highest BCUT2D eigenvalue weighted by Crippen LogP contribution is 2.02. The summed E-state index contributed by atoms with van der Waals surface area (Å²) in [4.78, 5) is 22.3. The van der Waals surface area contributed by atoms with Crippen molar-refractivity contribution < 1.29 is 9.18 Å². The molecule has 1 aromatic carbocycles. The smallest absolute Gasteiger partial charge is 0.269 e. The van der Waals surface area contributed by atoms with E-state index in [0.29, 0.717) is 0 Å². The van der Waals surface area contributed by atoms with Crippen molar-refractivity contribution in [1.29, 1.82) is 0 Å². The summed E-state index contributed by atoms with van der Waals surface area (Å²) < 4.78 is 12.6. The van der Waals surface area contributed by atoms with E-state index < -0.39 is 5.91 Å². The number of benzene rings is 1. The molecule has 1 heterocycles. The molecule has 0 aliphatic carbocycles. The van der Waals surface area contributed by atoms with E-state index in [-0.39, 0.29) is 23.6 Å². The first-order chi connectivity index (χ1) is 8.15. The molecule has 1 amide bonds. The first-order valence-electron chi connectivity index (χ1n) is 4.95. The van der Waals surface area contributed by atoms with E-state index in [0.717, 1.165) is 5.56 Å². The number of aromatic amines is 2. The number of carbonyl (C=O) groups is 1. The fourth-order valence-corrected chi connectivity index (χ4v) is 1.33. The lowest BCUT2D eigenvalue weighted by atomic mass is 10.2. The van der Waals surface area contributed by atoms with E-state index in [1.165, 1.54) is 18.2 Å². The molecule has 0 aliphatic rings. The third-order valence-corrected chi connectivity index (χ3v) is 2.21. The van der Waals surface area contributed by atoms with Crippen molar-refractivity contribution in [3.63, 3.8) is 0 Å². The van der Waals surface area contributed by atoms with Gasteiger partial charge in [0.2, 0.25) is 0 Å². The van der Waals surface area contributed by atoms with Gasteiger partial charge in [0.15, 0.2) is 0 Å². The van der Waals surface area contributed by atoms with Crippen molar-refractivity contribution in [1.82, 2.24) is 15.5 Å². The molecular weight excluding hydrogens is 225 g/mol. The molecule has 6 heteroatoms. The number of nitrogens with one attached hydrogen (secondary N) is 3. The summed E-state index contributed by atoms with van der Waals surface area (Å²) in [7, 11) is 0. The quantitative estimate of drug-likeness (QED) is 0.734. The topological polar surface area (TPSA) is 77.8 Å². The Morgan fingerprint density at radius 1 is 1.24 bits per heavy atom. The second-order valence-corrected chi connectivity index (χ2v) is 3.48. The van der Waals surface area contributed by atoms with E-state index >= 15 is 0 Å². The molecule has 2 aromatic rings. The van der Waals surface area contributed by atoms with Crippen molar-refractivity contribution >= 4 is 5.91 Å². The number of hydrogen-bond donors (Lipinski definition) is 3. The van der Waals surface area contributed by atoms with Crippen LogP contribution in [0.3, 0.4) is 0 Å². The fraction of sp³-hybridized carbons (Fsp3) is 0.0909. The minimum Gasteiger partial charge on any atom is -0.347 e. The van der Waals surface area contributed by atoms with Crippen LogP contribution in [0.2, 0.25) is 0 Å². The largest absolute Gasteiger partial charge is 0.347 e. The highest BCUT2D eigenvalue weighted by molar-refractivity contribution is 5.91. The van der Waals surface area contributed by atoms with Crippen molar-refractivity contribution in [2.24, 2.45) is 0 Å². The maximum Gasteiger partial charge on any atom is 0.269 e. The predicted octanol–water partition coefficient (Wildman–Crippen LogP) is 0.772. The van der Waals surface area contributed by atoms with Crippen LogP contribution in [0.5, 0.6) is 0 Å². The van der Waals surface area contributed by atoms with Crippen LogP contribution in [0.4, 0.5) is 4.39 Å². The molecule has 88 valence electrons. The predicted molar refractivity (Wildman–Crippen MR) is 59.0 cm³/mol. The lowest BCUT2D eigenvalue weighted by Crippen LogP contribution is -2.23. The Balaban J connectivity index is 1.96. The van der Waals surface area contributed by atoms with Gasteiger partial charge in [-0.2, -0.15) is 0 Å². The van der Waals surface area contributed by atoms with Crippen LogP contribution in [-0.2, 0) is 6.54 Å². The zero-order valence-corrected chi connectivity index (χ0v) is 8.79. The first kappa shape index (κ1) is 11.1. The van der Waals surface area contributed by atoms with E-state index in [1.807, 2.05) is 0 Å². The van der Waals surface area contributed by atoms with Gasteiger partial charge in [-0.25, -0.2) is 4.39 Å². The third-order valence-electron chi connectivity index (χ3n) is 2.21. The Hall–Kier alpha value is -2.37. The van der Waals surface area contributed by atoms with E-state index in [9.17, 15) is 14.0 Å². The van der Waals surface area contributed by atoms with Crippen molar-refractivity contribution in [3.05, 3.63) is 57.8 Å². The molecular formula is C11H10FN3O2. The second kappa shape index (κ2) is 4.65. The summed E-state index contributed by atoms with van der Waals surface area (Å²) in [6.45, 7) is 0.270. The monoisotopic (exact) mass is 235 g/mol. The Bertz CT molecular complexity index is 571. The van der Waals surface area contributed by atoms with Crippen molar-refractivity contribution in [3.8, 4) is 0 Å². The fourth-order valence-electron chi connectivity index (χ4n) is 1.33. The lowest BCUT2D eigenvalue weighted by molar-refractivity contribution is 0.0946. The molecule has 2 rings (SSSR count). The van der Waals surface area contributed by atoms with Crippen LogP contribution < -0.4 is 10.9 Å². The molecule has 0 bridgehead atoms. The summed E-state index contributed by atoms with van der Waals surface area (Å²) in [5.41, 5.74) is 0.576. The van der Waals surface area contributed by atoms with Crippen LogP contribution in [0.15, 0.2) is 35.1 Å². The first-order valence-corrected chi connectivity index (χ1v) is 4.95. The SMILES string of the molecule is O=C(NCc1ccc(F)cc1)c1cc(=O)[nH][nH]1. The normalized spacial score (nSPS) is 10.2. The van der Waals surface area contributed by atoms with Crippen LogP contribution in [0.1, 0.15) is 16.1 Å². The van der Waals surface area contributed by atoms with Crippen LogP contribution in [0, 0.1) is 5.82 Å². The Morgan fingerprint density at radius 3 is 2.53 bits per heavy atom. The Labute approximate surface area is 95.7 Å². The molecule has 0 radical (unpaired) electrons. The van der Waals surface area contributed by atoms with Gasteiger partial charge >= 0.3 is 0 Å². The second-order valence-electron chi connectivity index (χ2n) is 3.48. The van der Waals surface area contributed by atoms with Crippen LogP contribution in [-0.4, -0.2) is 16.1 Å². The Kier molecular flexibility index (Phi) is 3.04. The molecule has 17 heavy (non-hydrogen) atoms. The zero-order chi connectivity index (χ0) is 12.3. The standard InChI is InChI=1S/C11H10FN3O2/c12-8-3-1-7(2-4-8)6-13-11(17)9-5-10(16)15-14-9/h1-5H,6H2,(H,13,17)(H2,14,15,16). The van der Waals surface area contributed by atoms with E-state index in [4.69, 9.17) is 0 Å². The van der Waals surface area contributed by atoms with Gasteiger partial charge < -0.3 is 5.32 Å². The van der Waals surface area contributed by atoms with Gasteiger partial charge in [-0.3, -0.25) is 19.8 Å². The minimum atomic E-state index is -0.396. The molecule has 0 atom stereocenters. The average Bonchev–Trinajstić information content (AvgIpc) is 2.75. The number of halogens is 1. The summed E-state index contributed by atoms with van der Waals surface area (Å²) in [5, 5.41) is 7.30. The molecule has 0 spiro atoms. The van der Waals surface area contributed by atoms with Crippen LogP contribution in [0.25, 0.3) is 0 Å². The van der Waals surface area contributed by atoms with Gasteiger partial charge in [0.25, 0.3) is 11.5 Å². The van der Waals surface area contributed by atoms with Gasteiger partial charge in [0, 0.05) is 12.6 Å². The molecule has 0 saturated heterocycles. The summed E-state index contributed by atoms with van der Waals surface area (Å²) in [5.74, 6) is -0.720. The van der Waals surface area contributed by atoms with Gasteiger partial charge in [-0.1, -0.05) is 12.1 Å². The van der Waals surface area contributed by atoms with Gasteiger partial charge in [0.05, 0.1) is 0 Å². The summed E-state index contributed by atoms with van der Waals surface area (Å²) in [6, 6.07) is 6.96.